The summed E-state index contributed by atoms with van der Waals surface area (Å²) in [6, 6.07) is 5.91. The first-order valence-corrected chi connectivity index (χ1v) is 4.44. The number of Topliss-reactive ketones (excluding diaryl/α,β-unsaturated/α-hetero) is 1. The Hall–Kier alpha value is -1.31. The number of carbonyl (C=O) groups is 1. The Morgan fingerprint density at radius 1 is 1.46 bits per heavy atom. The Balaban J connectivity index is 2.75. The maximum Gasteiger partial charge on any atom is 0.130 e. The molecule has 0 aromatic heterocycles. The lowest BCUT2D eigenvalue weighted by atomic mass is 10.0. The van der Waals surface area contributed by atoms with Crippen LogP contribution in [0.4, 0.5) is 5.69 Å². The summed E-state index contributed by atoms with van der Waals surface area (Å²) in [4.78, 5) is 10.8. The van der Waals surface area contributed by atoms with Gasteiger partial charge in [0, 0.05) is 12.1 Å². The lowest BCUT2D eigenvalue weighted by Gasteiger charge is -2.04. The summed E-state index contributed by atoms with van der Waals surface area (Å²) in [5, 5.41) is 0. The van der Waals surface area contributed by atoms with Gasteiger partial charge in [-0.2, -0.15) is 0 Å². The summed E-state index contributed by atoms with van der Waals surface area (Å²) in [5.74, 6) is 0.209. The second kappa shape index (κ2) is 4.08. The highest BCUT2D eigenvalue weighted by atomic mass is 16.1. The number of hydrogen-bond donors (Lipinski definition) is 1. The van der Waals surface area contributed by atoms with E-state index in [-0.39, 0.29) is 5.78 Å². The van der Waals surface area contributed by atoms with Crippen LogP contribution in [0.15, 0.2) is 18.2 Å². The fourth-order valence-electron chi connectivity index (χ4n) is 1.26. The van der Waals surface area contributed by atoms with Gasteiger partial charge in [0.2, 0.25) is 0 Å². The first-order valence-electron chi connectivity index (χ1n) is 4.44. The van der Waals surface area contributed by atoms with Gasteiger partial charge in [0.1, 0.15) is 5.78 Å². The Morgan fingerprint density at radius 2 is 2.15 bits per heavy atom. The SMILES string of the molecule is CC(=O)CCc1cc(C)ccc1N. The Kier molecular flexibility index (Phi) is 3.07. The summed E-state index contributed by atoms with van der Waals surface area (Å²) in [5.41, 5.74) is 8.82. The smallest absolute Gasteiger partial charge is 0.130 e. The van der Waals surface area contributed by atoms with Crippen LogP contribution in [-0.4, -0.2) is 5.78 Å². The molecule has 0 unspecified atom stereocenters. The van der Waals surface area contributed by atoms with Crippen LogP contribution in [0.5, 0.6) is 0 Å². The van der Waals surface area contributed by atoms with Crippen LogP contribution >= 0.6 is 0 Å². The molecule has 0 radical (unpaired) electrons. The monoisotopic (exact) mass is 177 g/mol. The van der Waals surface area contributed by atoms with Crippen LogP contribution in [0.3, 0.4) is 0 Å². The molecule has 0 bridgehead atoms. The fourth-order valence-corrected chi connectivity index (χ4v) is 1.26. The molecular formula is C11H15NO. The maximum absolute atomic E-state index is 10.8. The van der Waals surface area contributed by atoms with E-state index in [1.807, 2.05) is 25.1 Å². The number of anilines is 1. The van der Waals surface area contributed by atoms with E-state index < -0.39 is 0 Å². The van der Waals surface area contributed by atoms with Gasteiger partial charge in [-0.25, -0.2) is 0 Å². The average molecular weight is 177 g/mol. The van der Waals surface area contributed by atoms with Gasteiger partial charge in [-0.1, -0.05) is 17.7 Å². The molecule has 0 heterocycles. The quantitative estimate of drug-likeness (QED) is 0.718. The predicted molar refractivity (Wildman–Crippen MR) is 54.6 cm³/mol. The third kappa shape index (κ3) is 2.90. The molecule has 2 N–H and O–H groups in total. The van der Waals surface area contributed by atoms with E-state index in [0.717, 1.165) is 17.7 Å². The molecule has 70 valence electrons. The Morgan fingerprint density at radius 3 is 2.77 bits per heavy atom. The van der Waals surface area contributed by atoms with Crippen molar-refractivity contribution < 1.29 is 4.79 Å². The van der Waals surface area contributed by atoms with Crippen molar-refractivity contribution in [3.8, 4) is 0 Å². The third-order valence-electron chi connectivity index (χ3n) is 2.04. The van der Waals surface area contributed by atoms with Gasteiger partial charge >= 0.3 is 0 Å². The van der Waals surface area contributed by atoms with Crippen molar-refractivity contribution in [2.24, 2.45) is 0 Å². The summed E-state index contributed by atoms with van der Waals surface area (Å²) in [6.07, 6.45) is 1.33. The van der Waals surface area contributed by atoms with Crippen LogP contribution in [0.2, 0.25) is 0 Å². The van der Waals surface area contributed by atoms with Gasteiger partial charge in [-0.15, -0.1) is 0 Å². The lowest BCUT2D eigenvalue weighted by molar-refractivity contribution is -0.116. The summed E-state index contributed by atoms with van der Waals surface area (Å²) < 4.78 is 0. The molecule has 1 aromatic carbocycles. The van der Waals surface area contributed by atoms with Crippen molar-refractivity contribution in [3.63, 3.8) is 0 Å². The number of aryl methyl sites for hydroxylation is 2. The molecule has 0 amide bonds. The van der Waals surface area contributed by atoms with E-state index in [1.54, 1.807) is 6.92 Å². The highest BCUT2D eigenvalue weighted by Crippen LogP contribution is 2.15. The molecule has 0 saturated carbocycles. The largest absolute Gasteiger partial charge is 0.399 e. The van der Waals surface area contributed by atoms with Crippen molar-refractivity contribution in [3.05, 3.63) is 29.3 Å². The van der Waals surface area contributed by atoms with E-state index in [4.69, 9.17) is 5.73 Å². The first kappa shape index (κ1) is 9.78. The zero-order chi connectivity index (χ0) is 9.84. The van der Waals surface area contributed by atoms with Gasteiger partial charge in [0.05, 0.1) is 0 Å². The predicted octanol–water partition coefficient (Wildman–Crippen LogP) is 2.10. The minimum absolute atomic E-state index is 0.209. The van der Waals surface area contributed by atoms with Crippen molar-refractivity contribution >= 4 is 11.5 Å². The molecule has 0 aliphatic rings. The van der Waals surface area contributed by atoms with Crippen LogP contribution in [-0.2, 0) is 11.2 Å². The van der Waals surface area contributed by atoms with Crippen molar-refractivity contribution in [1.29, 1.82) is 0 Å². The number of nitrogen functional groups attached to an aromatic ring is 1. The van der Waals surface area contributed by atoms with Crippen LogP contribution in [0.1, 0.15) is 24.5 Å². The highest BCUT2D eigenvalue weighted by molar-refractivity contribution is 5.76. The number of carbonyl (C=O) groups excluding carboxylic acids is 1. The number of rotatable bonds is 3. The second-order valence-corrected chi connectivity index (χ2v) is 3.40. The van der Waals surface area contributed by atoms with Gasteiger partial charge < -0.3 is 10.5 Å². The molecule has 0 aliphatic heterocycles. The molecule has 0 fully saturated rings. The first-order chi connectivity index (χ1) is 6.09. The molecular weight excluding hydrogens is 162 g/mol. The Bertz CT molecular complexity index is 318. The van der Waals surface area contributed by atoms with Crippen molar-refractivity contribution in [1.82, 2.24) is 0 Å². The lowest BCUT2D eigenvalue weighted by Crippen LogP contribution is -1.98. The second-order valence-electron chi connectivity index (χ2n) is 3.40. The fraction of sp³-hybridized carbons (Fsp3) is 0.364. The van der Waals surface area contributed by atoms with E-state index in [2.05, 4.69) is 0 Å². The summed E-state index contributed by atoms with van der Waals surface area (Å²) in [7, 11) is 0. The van der Waals surface area contributed by atoms with Crippen LogP contribution < -0.4 is 5.73 Å². The molecule has 1 rings (SSSR count). The van der Waals surface area contributed by atoms with Crippen LogP contribution in [0, 0.1) is 6.92 Å². The van der Waals surface area contributed by atoms with E-state index >= 15 is 0 Å². The number of hydrogen-bond acceptors (Lipinski definition) is 2. The zero-order valence-electron chi connectivity index (χ0n) is 8.13. The van der Waals surface area contributed by atoms with Gasteiger partial charge in [0.15, 0.2) is 0 Å². The number of nitrogens with two attached hydrogens (primary N) is 1. The van der Waals surface area contributed by atoms with E-state index in [9.17, 15) is 4.79 Å². The number of benzene rings is 1. The van der Waals surface area contributed by atoms with Crippen molar-refractivity contribution in [2.75, 3.05) is 5.73 Å². The molecule has 1 aromatic rings. The normalized spacial score (nSPS) is 10.0. The summed E-state index contributed by atoms with van der Waals surface area (Å²) >= 11 is 0. The van der Waals surface area contributed by atoms with E-state index in [0.29, 0.717) is 6.42 Å². The molecule has 2 heteroatoms. The van der Waals surface area contributed by atoms with Crippen LogP contribution in [0.25, 0.3) is 0 Å². The average Bonchev–Trinajstić information content (AvgIpc) is 2.06. The molecule has 13 heavy (non-hydrogen) atoms. The zero-order valence-corrected chi connectivity index (χ0v) is 8.13. The van der Waals surface area contributed by atoms with Gasteiger partial charge in [-0.05, 0) is 31.9 Å². The topological polar surface area (TPSA) is 43.1 Å². The standard InChI is InChI=1S/C11H15NO/c1-8-3-6-11(12)10(7-8)5-4-9(2)13/h3,6-7H,4-5,12H2,1-2H3. The molecule has 0 atom stereocenters. The molecule has 0 saturated heterocycles. The van der Waals surface area contributed by atoms with Gasteiger partial charge in [0.25, 0.3) is 0 Å². The summed E-state index contributed by atoms with van der Waals surface area (Å²) in [6.45, 7) is 3.63. The maximum atomic E-state index is 10.8. The number of ketones is 1. The third-order valence-corrected chi connectivity index (χ3v) is 2.04. The highest BCUT2D eigenvalue weighted by Gasteiger charge is 2.01. The minimum Gasteiger partial charge on any atom is -0.399 e. The molecule has 2 nitrogen and oxygen atoms in total. The van der Waals surface area contributed by atoms with Gasteiger partial charge in [-0.3, -0.25) is 0 Å². The van der Waals surface area contributed by atoms with Crippen molar-refractivity contribution in [2.45, 2.75) is 26.7 Å². The molecule has 0 spiro atoms. The van der Waals surface area contributed by atoms with E-state index in [1.165, 1.54) is 5.56 Å². The molecule has 0 aliphatic carbocycles. The Labute approximate surface area is 78.8 Å². The minimum atomic E-state index is 0.209.